The van der Waals surface area contributed by atoms with E-state index in [0.29, 0.717) is 22.5 Å². The third kappa shape index (κ3) is 3.70. The molecule has 1 aromatic carbocycles. The topological polar surface area (TPSA) is 76.9 Å². The summed E-state index contributed by atoms with van der Waals surface area (Å²) in [5.41, 5.74) is 2.43. The number of carbonyl (C=O) groups is 1. The van der Waals surface area contributed by atoms with Crippen molar-refractivity contribution in [3.63, 3.8) is 0 Å². The lowest BCUT2D eigenvalue weighted by Gasteiger charge is -2.11. The molecule has 4 rings (SSSR count). The summed E-state index contributed by atoms with van der Waals surface area (Å²) in [4.78, 5) is 30.0. The van der Waals surface area contributed by atoms with E-state index >= 15 is 0 Å². The number of carbonyl (C=O) groups excluding carboxylic acids is 1. The Bertz CT molecular complexity index is 1200. The molecule has 3 heterocycles. The first-order chi connectivity index (χ1) is 13.6. The van der Waals surface area contributed by atoms with Crippen molar-refractivity contribution in [3.05, 3.63) is 92.3 Å². The van der Waals surface area contributed by atoms with Gasteiger partial charge >= 0.3 is 0 Å². The van der Waals surface area contributed by atoms with Gasteiger partial charge in [0, 0.05) is 17.8 Å². The number of thiophene rings is 1. The number of amides is 1. The molecule has 0 saturated carbocycles. The predicted octanol–water partition coefficient (Wildman–Crippen LogP) is 3.14. The number of nitrogens with one attached hydrogen (secondary N) is 1. The van der Waals surface area contributed by atoms with Crippen molar-refractivity contribution in [2.45, 2.75) is 20.0 Å². The Labute approximate surface area is 165 Å². The first kappa shape index (κ1) is 18.1. The standard InChI is InChI=1S/C21H18N4O2S/c1-14-9-19(28-13-14)20(26)23-11-18-16-6-2-3-7-17(16)21(27)25(24-18)12-15-5-4-8-22-10-15/h2-10,13H,11-12H2,1H3,(H,23,26). The molecule has 6 nitrogen and oxygen atoms in total. The highest BCUT2D eigenvalue weighted by molar-refractivity contribution is 7.12. The fraction of sp³-hybridized carbons (Fsp3) is 0.143. The van der Waals surface area contributed by atoms with Gasteiger partial charge in [-0.25, -0.2) is 4.68 Å². The maximum absolute atomic E-state index is 12.8. The first-order valence-corrected chi connectivity index (χ1v) is 9.71. The van der Waals surface area contributed by atoms with Gasteiger partial charge < -0.3 is 5.32 Å². The summed E-state index contributed by atoms with van der Waals surface area (Å²) < 4.78 is 1.43. The van der Waals surface area contributed by atoms with Gasteiger partial charge in [-0.3, -0.25) is 14.6 Å². The average molecular weight is 390 g/mol. The summed E-state index contributed by atoms with van der Waals surface area (Å²) in [5.74, 6) is -0.144. The third-order valence-corrected chi connectivity index (χ3v) is 5.42. The Morgan fingerprint density at radius 2 is 2.00 bits per heavy atom. The number of benzene rings is 1. The monoisotopic (exact) mass is 390 g/mol. The Morgan fingerprint density at radius 3 is 2.71 bits per heavy atom. The van der Waals surface area contributed by atoms with Crippen molar-refractivity contribution in [1.82, 2.24) is 20.1 Å². The van der Waals surface area contributed by atoms with Crippen LogP contribution in [-0.4, -0.2) is 20.7 Å². The molecule has 0 aliphatic heterocycles. The van der Waals surface area contributed by atoms with E-state index in [0.717, 1.165) is 16.5 Å². The number of aryl methyl sites for hydroxylation is 1. The molecule has 1 N–H and O–H groups in total. The van der Waals surface area contributed by atoms with Gasteiger partial charge in [0.1, 0.15) is 0 Å². The van der Waals surface area contributed by atoms with Crippen LogP contribution in [-0.2, 0) is 13.1 Å². The second-order valence-corrected chi connectivity index (χ2v) is 7.40. The predicted molar refractivity (Wildman–Crippen MR) is 110 cm³/mol. The highest BCUT2D eigenvalue weighted by Crippen LogP contribution is 2.16. The maximum atomic E-state index is 12.8. The quantitative estimate of drug-likeness (QED) is 0.568. The van der Waals surface area contributed by atoms with Crippen LogP contribution < -0.4 is 10.9 Å². The normalized spacial score (nSPS) is 10.9. The molecule has 4 aromatic rings. The summed E-state index contributed by atoms with van der Waals surface area (Å²) in [6.45, 7) is 2.52. The zero-order chi connectivity index (χ0) is 19.5. The number of pyridine rings is 1. The molecule has 0 atom stereocenters. The Balaban J connectivity index is 1.67. The number of hydrogen-bond acceptors (Lipinski definition) is 5. The molecule has 140 valence electrons. The van der Waals surface area contributed by atoms with Crippen LogP contribution in [0.15, 0.2) is 65.0 Å². The number of nitrogens with zero attached hydrogens (tertiary/aromatic N) is 3. The van der Waals surface area contributed by atoms with E-state index in [-0.39, 0.29) is 18.0 Å². The van der Waals surface area contributed by atoms with E-state index in [1.165, 1.54) is 16.0 Å². The van der Waals surface area contributed by atoms with Crippen molar-refractivity contribution in [2.75, 3.05) is 0 Å². The molecule has 0 spiro atoms. The fourth-order valence-corrected chi connectivity index (χ4v) is 3.82. The van der Waals surface area contributed by atoms with E-state index in [2.05, 4.69) is 15.4 Å². The average Bonchev–Trinajstić information content (AvgIpc) is 3.16. The second kappa shape index (κ2) is 7.74. The molecular formula is C21H18N4O2S. The van der Waals surface area contributed by atoms with Crippen molar-refractivity contribution < 1.29 is 4.79 Å². The summed E-state index contributed by atoms with van der Waals surface area (Å²) >= 11 is 1.41. The van der Waals surface area contributed by atoms with E-state index in [4.69, 9.17) is 0 Å². The number of fused-ring (bicyclic) bond motifs is 1. The van der Waals surface area contributed by atoms with E-state index in [1.54, 1.807) is 18.5 Å². The van der Waals surface area contributed by atoms with Crippen molar-refractivity contribution in [2.24, 2.45) is 0 Å². The van der Waals surface area contributed by atoms with Gasteiger partial charge in [0.05, 0.1) is 29.0 Å². The molecule has 0 fully saturated rings. The molecule has 0 aliphatic carbocycles. The van der Waals surface area contributed by atoms with Crippen LogP contribution in [0, 0.1) is 6.92 Å². The molecule has 3 aromatic heterocycles. The minimum Gasteiger partial charge on any atom is -0.346 e. The SMILES string of the molecule is Cc1csc(C(=O)NCc2nn(Cc3cccnc3)c(=O)c3ccccc23)c1. The van der Waals surface area contributed by atoms with E-state index < -0.39 is 0 Å². The number of hydrogen-bond donors (Lipinski definition) is 1. The Morgan fingerprint density at radius 1 is 1.18 bits per heavy atom. The zero-order valence-corrected chi connectivity index (χ0v) is 16.1. The maximum Gasteiger partial charge on any atom is 0.274 e. The second-order valence-electron chi connectivity index (χ2n) is 6.49. The molecule has 0 radical (unpaired) electrons. The van der Waals surface area contributed by atoms with Gasteiger partial charge in [-0.05, 0) is 41.6 Å². The largest absolute Gasteiger partial charge is 0.346 e. The lowest BCUT2D eigenvalue weighted by molar-refractivity contribution is 0.0954. The van der Waals surface area contributed by atoms with Gasteiger partial charge in [-0.2, -0.15) is 5.10 Å². The van der Waals surface area contributed by atoms with E-state index in [1.807, 2.05) is 48.7 Å². The van der Waals surface area contributed by atoms with Crippen molar-refractivity contribution in [3.8, 4) is 0 Å². The van der Waals surface area contributed by atoms with Crippen LogP contribution in [0.25, 0.3) is 10.8 Å². The van der Waals surface area contributed by atoms with Gasteiger partial charge in [-0.15, -0.1) is 11.3 Å². The summed E-state index contributed by atoms with van der Waals surface area (Å²) in [6.07, 6.45) is 3.40. The van der Waals surface area contributed by atoms with Gasteiger partial charge in [0.25, 0.3) is 11.5 Å². The molecular weight excluding hydrogens is 372 g/mol. The van der Waals surface area contributed by atoms with Crippen LogP contribution in [0.3, 0.4) is 0 Å². The van der Waals surface area contributed by atoms with Crippen LogP contribution in [0.1, 0.15) is 26.5 Å². The lowest BCUT2D eigenvalue weighted by atomic mass is 10.1. The fourth-order valence-electron chi connectivity index (χ4n) is 3.01. The highest BCUT2D eigenvalue weighted by atomic mass is 32.1. The van der Waals surface area contributed by atoms with Crippen LogP contribution in [0.2, 0.25) is 0 Å². The summed E-state index contributed by atoms with van der Waals surface area (Å²) in [6, 6.07) is 12.9. The molecule has 7 heteroatoms. The Kier molecular flexibility index (Phi) is 4.99. The smallest absolute Gasteiger partial charge is 0.274 e. The summed E-state index contributed by atoms with van der Waals surface area (Å²) in [5, 5.41) is 10.7. The van der Waals surface area contributed by atoms with Gasteiger partial charge in [0.2, 0.25) is 0 Å². The lowest BCUT2D eigenvalue weighted by Crippen LogP contribution is -2.28. The van der Waals surface area contributed by atoms with Crippen LogP contribution >= 0.6 is 11.3 Å². The molecule has 1 amide bonds. The number of rotatable bonds is 5. The third-order valence-electron chi connectivity index (χ3n) is 4.37. The summed E-state index contributed by atoms with van der Waals surface area (Å²) in [7, 11) is 0. The minimum atomic E-state index is -0.164. The van der Waals surface area contributed by atoms with Crippen molar-refractivity contribution >= 4 is 28.0 Å². The molecule has 0 aliphatic rings. The van der Waals surface area contributed by atoms with Crippen LogP contribution in [0.5, 0.6) is 0 Å². The minimum absolute atomic E-state index is 0.144. The van der Waals surface area contributed by atoms with Crippen LogP contribution in [0.4, 0.5) is 0 Å². The number of aromatic nitrogens is 3. The first-order valence-electron chi connectivity index (χ1n) is 8.83. The van der Waals surface area contributed by atoms with E-state index in [9.17, 15) is 9.59 Å². The van der Waals surface area contributed by atoms with Crippen molar-refractivity contribution in [1.29, 1.82) is 0 Å². The van der Waals surface area contributed by atoms with Gasteiger partial charge in [0.15, 0.2) is 0 Å². The Hall–Kier alpha value is -3.32. The highest BCUT2D eigenvalue weighted by Gasteiger charge is 2.13. The van der Waals surface area contributed by atoms with Gasteiger partial charge in [-0.1, -0.05) is 24.3 Å². The molecule has 0 bridgehead atoms. The molecule has 0 saturated heterocycles. The molecule has 28 heavy (non-hydrogen) atoms. The zero-order valence-electron chi connectivity index (χ0n) is 15.3. The molecule has 0 unspecified atom stereocenters.